The number of hydrogen-bond donors (Lipinski definition) is 1. The van der Waals surface area contributed by atoms with E-state index in [-0.39, 0.29) is 11.6 Å². The summed E-state index contributed by atoms with van der Waals surface area (Å²) in [7, 11) is 3.74. The molecule has 2 heterocycles. The molecule has 102 valence electrons. The van der Waals surface area contributed by atoms with Gasteiger partial charge in [0, 0.05) is 52.0 Å². The average molecular weight is 253 g/mol. The van der Waals surface area contributed by atoms with E-state index in [1.807, 2.05) is 17.9 Å². The standard InChI is InChI=1S/C13H23N3O2/c1-4-14-12(11-9-15-16(2)10-11)13(17-3)5-7-18-8-6-13/h9-10,12,14H,4-8H2,1-3H3. The Morgan fingerprint density at radius 1 is 1.56 bits per heavy atom. The molecule has 0 aromatic carbocycles. The van der Waals surface area contributed by atoms with Crippen molar-refractivity contribution in [3.05, 3.63) is 18.0 Å². The van der Waals surface area contributed by atoms with E-state index in [4.69, 9.17) is 9.47 Å². The smallest absolute Gasteiger partial charge is 0.0917 e. The van der Waals surface area contributed by atoms with Gasteiger partial charge in [-0.05, 0) is 6.54 Å². The molecule has 1 aromatic rings. The molecule has 5 nitrogen and oxygen atoms in total. The number of methoxy groups -OCH3 is 1. The van der Waals surface area contributed by atoms with Crippen LogP contribution >= 0.6 is 0 Å². The summed E-state index contributed by atoms with van der Waals surface area (Å²) >= 11 is 0. The van der Waals surface area contributed by atoms with Crippen molar-refractivity contribution in [3.63, 3.8) is 0 Å². The number of aryl methyl sites for hydroxylation is 1. The average Bonchev–Trinajstić information content (AvgIpc) is 2.83. The van der Waals surface area contributed by atoms with Gasteiger partial charge in [-0.2, -0.15) is 5.10 Å². The zero-order valence-corrected chi connectivity index (χ0v) is 11.5. The molecule has 1 aliphatic heterocycles. The normalized spacial score (nSPS) is 20.8. The zero-order valence-electron chi connectivity index (χ0n) is 11.5. The molecular weight excluding hydrogens is 230 g/mol. The number of hydrogen-bond acceptors (Lipinski definition) is 4. The first kappa shape index (κ1) is 13.5. The van der Waals surface area contributed by atoms with E-state index in [1.165, 1.54) is 5.56 Å². The van der Waals surface area contributed by atoms with Crippen LogP contribution in [0, 0.1) is 0 Å². The molecule has 1 aliphatic rings. The molecule has 5 heteroatoms. The van der Waals surface area contributed by atoms with Crippen molar-refractivity contribution in [1.82, 2.24) is 15.1 Å². The minimum absolute atomic E-state index is 0.171. The molecule has 0 bridgehead atoms. The van der Waals surface area contributed by atoms with Gasteiger partial charge in [-0.25, -0.2) is 0 Å². The summed E-state index contributed by atoms with van der Waals surface area (Å²) < 4.78 is 13.2. The predicted octanol–water partition coefficient (Wildman–Crippen LogP) is 1.27. The van der Waals surface area contributed by atoms with Gasteiger partial charge in [0.05, 0.1) is 17.8 Å². The third kappa shape index (κ3) is 2.58. The van der Waals surface area contributed by atoms with Crippen LogP contribution in [0.1, 0.15) is 31.4 Å². The summed E-state index contributed by atoms with van der Waals surface area (Å²) in [6.07, 6.45) is 5.80. The number of nitrogens with zero attached hydrogens (tertiary/aromatic N) is 2. The molecule has 18 heavy (non-hydrogen) atoms. The molecule has 0 aliphatic carbocycles. The Hall–Kier alpha value is -0.910. The van der Waals surface area contributed by atoms with Crippen LogP contribution in [0.4, 0.5) is 0 Å². The molecule has 0 amide bonds. The molecule has 1 N–H and O–H groups in total. The molecule has 1 fully saturated rings. The van der Waals surface area contributed by atoms with Gasteiger partial charge in [0.2, 0.25) is 0 Å². The van der Waals surface area contributed by atoms with Crippen LogP contribution in [-0.2, 0) is 16.5 Å². The monoisotopic (exact) mass is 253 g/mol. The Bertz CT molecular complexity index is 372. The van der Waals surface area contributed by atoms with Crippen molar-refractivity contribution in [2.24, 2.45) is 7.05 Å². The summed E-state index contributed by atoms with van der Waals surface area (Å²) in [4.78, 5) is 0. The van der Waals surface area contributed by atoms with Crippen molar-refractivity contribution < 1.29 is 9.47 Å². The molecule has 2 rings (SSSR count). The first-order chi connectivity index (χ1) is 8.72. The highest BCUT2D eigenvalue weighted by Crippen LogP contribution is 2.37. The maximum atomic E-state index is 5.88. The van der Waals surface area contributed by atoms with E-state index in [9.17, 15) is 0 Å². The van der Waals surface area contributed by atoms with Crippen molar-refractivity contribution in [3.8, 4) is 0 Å². The molecule has 1 atom stereocenters. The Morgan fingerprint density at radius 2 is 2.28 bits per heavy atom. The summed E-state index contributed by atoms with van der Waals surface area (Å²) in [5.41, 5.74) is 1.00. The summed E-state index contributed by atoms with van der Waals surface area (Å²) in [6.45, 7) is 4.55. The van der Waals surface area contributed by atoms with Crippen molar-refractivity contribution in [2.75, 3.05) is 26.9 Å². The van der Waals surface area contributed by atoms with Gasteiger partial charge >= 0.3 is 0 Å². The quantitative estimate of drug-likeness (QED) is 0.858. The first-order valence-electron chi connectivity index (χ1n) is 6.56. The van der Waals surface area contributed by atoms with Crippen LogP contribution in [0.15, 0.2) is 12.4 Å². The van der Waals surface area contributed by atoms with E-state index in [0.717, 1.165) is 32.6 Å². The molecular formula is C13H23N3O2. The largest absolute Gasteiger partial charge is 0.381 e. The summed E-state index contributed by atoms with van der Waals surface area (Å²) in [5.74, 6) is 0. The van der Waals surface area contributed by atoms with Crippen LogP contribution in [0.3, 0.4) is 0 Å². The van der Waals surface area contributed by atoms with Crippen molar-refractivity contribution in [2.45, 2.75) is 31.4 Å². The highest BCUT2D eigenvalue weighted by Gasteiger charge is 2.41. The van der Waals surface area contributed by atoms with Crippen LogP contribution in [0.5, 0.6) is 0 Å². The number of rotatable bonds is 5. The van der Waals surface area contributed by atoms with Gasteiger partial charge in [0.25, 0.3) is 0 Å². The van der Waals surface area contributed by atoms with Crippen LogP contribution in [-0.4, -0.2) is 42.2 Å². The third-order valence-electron chi connectivity index (χ3n) is 3.74. The summed E-state index contributed by atoms with van der Waals surface area (Å²) in [6, 6.07) is 0.171. The van der Waals surface area contributed by atoms with Gasteiger partial charge in [0.1, 0.15) is 0 Å². The van der Waals surface area contributed by atoms with Gasteiger partial charge in [-0.15, -0.1) is 0 Å². The Balaban J connectivity index is 2.26. The topological polar surface area (TPSA) is 48.3 Å². The maximum Gasteiger partial charge on any atom is 0.0917 e. The SMILES string of the molecule is CCNC(c1cnn(C)c1)C1(OC)CCOCC1. The lowest BCUT2D eigenvalue weighted by Crippen LogP contribution is -2.49. The van der Waals surface area contributed by atoms with E-state index < -0.39 is 0 Å². The molecule has 0 radical (unpaired) electrons. The molecule has 1 saturated heterocycles. The maximum absolute atomic E-state index is 5.88. The second-order valence-electron chi connectivity index (χ2n) is 4.82. The molecule has 0 saturated carbocycles. The fourth-order valence-electron chi connectivity index (χ4n) is 2.73. The number of ether oxygens (including phenoxy) is 2. The first-order valence-corrected chi connectivity index (χ1v) is 6.56. The number of likely N-dealkylation sites (N-methyl/N-ethyl adjacent to an activating group) is 1. The highest BCUT2D eigenvalue weighted by atomic mass is 16.5. The second-order valence-corrected chi connectivity index (χ2v) is 4.82. The Kier molecular flexibility index (Phi) is 4.37. The van der Waals surface area contributed by atoms with Gasteiger partial charge in [0.15, 0.2) is 0 Å². The van der Waals surface area contributed by atoms with E-state index in [2.05, 4.69) is 23.5 Å². The predicted molar refractivity (Wildman–Crippen MR) is 69.4 cm³/mol. The summed E-state index contributed by atoms with van der Waals surface area (Å²) in [5, 5.41) is 7.81. The lowest BCUT2D eigenvalue weighted by Gasteiger charge is -2.42. The molecule has 0 spiro atoms. The zero-order chi connectivity index (χ0) is 13.0. The van der Waals surface area contributed by atoms with Crippen molar-refractivity contribution >= 4 is 0 Å². The highest BCUT2D eigenvalue weighted by molar-refractivity contribution is 5.17. The van der Waals surface area contributed by atoms with E-state index >= 15 is 0 Å². The van der Waals surface area contributed by atoms with E-state index in [0.29, 0.717) is 0 Å². The number of nitrogens with one attached hydrogen (secondary N) is 1. The molecule has 1 aromatic heterocycles. The minimum atomic E-state index is -0.183. The van der Waals surface area contributed by atoms with Crippen LogP contribution < -0.4 is 5.32 Å². The number of aromatic nitrogens is 2. The van der Waals surface area contributed by atoms with Gasteiger partial charge < -0.3 is 14.8 Å². The van der Waals surface area contributed by atoms with Crippen LogP contribution in [0.25, 0.3) is 0 Å². The second kappa shape index (κ2) is 5.82. The fourth-order valence-corrected chi connectivity index (χ4v) is 2.73. The lowest BCUT2D eigenvalue weighted by molar-refractivity contribution is -0.111. The fraction of sp³-hybridized carbons (Fsp3) is 0.769. The van der Waals surface area contributed by atoms with Gasteiger partial charge in [-0.3, -0.25) is 4.68 Å². The third-order valence-corrected chi connectivity index (χ3v) is 3.74. The van der Waals surface area contributed by atoms with Crippen molar-refractivity contribution in [1.29, 1.82) is 0 Å². The minimum Gasteiger partial charge on any atom is -0.381 e. The lowest BCUT2D eigenvalue weighted by atomic mass is 9.83. The Labute approximate surface area is 108 Å². The van der Waals surface area contributed by atoms with Crippen LogP contribution in [0.2, 0.25) is 0 Å². The van der Waals surface area contributed by atoms with E-state index in [1.54, 1.807) is 7.11 Å². The molecule has 1 unspecified atom stereocenters. The Morgan fingerprint density at radius 3 is 2.78 bits per heavy atom. The van der Waals surface area contributed by atoms with Gasteiger partial charge in [-0.1, -0.05) is 6.92 Å².